The molecule has 1 aliphatic rings. The van der Waals surface area contributed by atoms with Crippen molar-refractivity contribution >= 4 is 0 Å². The van der Waals surface area contributed by atoms with E-state index in [0.717, 1.165) is 31.7 Å². The van der Waals surface area contributed by atoms with E-state index in [1.165, 1.54) is 18.9 Å². The Labute approximate surface area is 116 Å². The second-order valence-electron chi connectivity index (χ2n) is 5.77. The predicted molar refractivity (Wildman–Crippen MR) is 77.5 cm³/mol. The highest BCUT2D eigenvalue weighted by atomic mass is 19.1. The monoisotopic (exact) mass is 264 g/mol. The smallest absolute Gasteiger partial charge is 0.123 e. The fourth-order valence-electron chi connectivity index (χ4n) is 2.79. The average molecular weight is 264 g/mol. The Morgan fingerprint density at radius 3 is 3.00 bits per heavy atom. The van der Waals surface area contributed by atoms with Crippen LogP contribution in [-0.4, -0.2) is 30.6 Å². The van der Waals surface area contributed by atoms with E-state index in [2.05, 4.69) is 24.1 Å². The summed E-state index contributed by atoms with van der Waals surface area (Å²) in [7, 11) is 0. The van der Waals surface area contributed by atoms with Gasteiger partial charge < -0.3 is 5.32 Å². The fourth-order valence-corrected chi connectivity index (χ4v) is 2.79. The van der Waals surface area contributed by atoms with Crippen LogP contribution in [-0.2, 0) is 6.54 Å². The van der Waals surface area contributed by atoms with Gasteiger partial charge in [0.05, 0.1) is 0 Å². The topological polar surface area (TPSA) is 15.3 Å². The zero-order valence-corrected chi connectivity index (χ0v) is 12.0. The number of halogens is 1. The van der Waals surface area contributed by atoms with Gasteiger partial charge in [0, 0.05) is 19.1 Å². The van der Waals surface area contributed by atoms with E-state index in [-0.39, 0.29) is 5.82 Å². The SMILES string of the molecule is CCC1CCN(Cc2cccc(F)c2)CC(C)CN1. The molecule has 1 aliphatic heterocycles. The molecule has 0 amide bonds. The van der Waals surface area contributed by atoms with Crippen LogP contribution in [0.1, 0.15) is 32.3 Å². The van der Waals surface area contributed by atoms with Gasteiger partial charge in [-0.25, -0.2) is 4.39 Å². The molecule has 0 radical (unpaired) electrons. The van der Waals surface area contributed by atoms with E-state index >= 15 is 0 Å². The van der Waals surface area contributed by atoms with E-state index in [1.807, 2.05) is 6.07 Å². The molecular formula is C16H25FN2. The standard InChI is InChI=1S/C16H25FN2/c1-3-16-7-8-19(11-13(2)10-18-16)12-14-5-4-6-15(17)9-14/h4-6,9,13,16,18H,3,7-8,10-12H2,1-2H3. The van der Waals surface area contributed by atoms with E-state index in [9.17, 15) is 4.39 Å². The van der Waals surface area contributed by atoms with Crippen LogP contribution < -0.4 is 5.32 Å². The summed E-state index contributed by atoms with van der Waals surface area (Å²) in [5, 5.41) is 3.63. The normalized spacial score (nSPS) is 25.8. The summed E-state index contributed by atoms with van der Waals surface area (Å²) in [4.78, 5) is 2.46. The lowest BCUT2D eigenvalue weighted by atomic mass is 10.0. The molecule has 3 heteroatoms. The molecule has 2 atom stereocenters. The summed E-state index contributed by atoms with van der Waals surface area (Å²) in [6.45, 7) is 8.63. The van der Waals surface area contributed by atoms with Crippen molar-refractivity contribution in [3.05, 3.63) is 35.6 Å². The summed E-state index contributed by atoms with van der Waals surface area (Å²) in [6, 6.07) is 7.60. The van der Waals surface area contributed by atoms with Gasteiger partial charge in [0.1, 0.15) is 5.82 Å². The quantitative estimate of drug-likeness (QED) is 0.902. The maximum atomic E-state index is 13.2. The zero-order valence-electron chi connectivity index (χ0n) is 12.0. The van der Waals surface area contributed by atoms with E-state index in [0.29, 0.717) is 12.0 Å². The molecule has 1 aromatic rings. The predicted octanol–water partition coefficient (Wildman–Crippen LogP) is 3.04. The molecule has 0 spiro atoms. The molecule has 106 valence electrons. The number of nitrogens with one attached hydrogen (secondary N) is 1. The molecule has 1 saturated heterocycles. The van der Waals surface area contributed by atoms with Crippen molar-refractivity contribution in [1.82, 2.24) is 10.2 Å². The first-order chi connectivity index (χ1) is 9.17. The molecular weight excluding hydrogens is 239 g/mol. The minimum Gasteiger partial charge on any atom is -0.314 e. The third-order valence-corrected chi connectivity index (χ3v) is 3.91. The maximum absolute atomic E-state index is 13.2. The van der Waals surface area contributed by atoms with Gasteiger partial charge >= 0.3 is 0 Å². The van der Waals surface area contributed by atoms with Crippen LogP contribution in [0.2, 0.25) is 0 Å². The molecule has 19 heavy (non-hydrogen) atoms. The molecule has 0 bridgehead atoms. The third-order valence-electron chi connectivity index (χ3n) is 3.91. The number of nitrogens with zero attached hydrogens (tertiary/aromatic N) is 1. The molecule has 1 N–H and O–H groups in total. The lowest BCUT2D eigenvalue weighted by molar-refractivity contribution is 0.190. The molecule has 1 aromatic carbocycles. The molecule has 0 saturated carbocycles. The molecule has 2 unspecified atom stereocenters. The zero-order chi connectivity index (χ0) is 13.7. The Morgan fingerprint density at radius 2 is 2.26 bits per heavy atom. The second-order valence-corrected chi connectivity index (χ2v) is 5.77. The van der Waals surface area contributed by atoms with Crippen molar-refractivity contribution in [2.24, 2.45) is 5.92 Å². The molecule has 1 fully saturated rings. The number of rotatable bonds is 3. The van der Waals surface area contributed by atoms with E-state index in [1.54, 1.807) is 12.1 Å². The highest BCUT2D eigenvalue weighted by Gasteiger charge is 2.17. The van der Waals surface area contributed by atoms with Crippen molar-refractivity contribution in [1.29, 1.82) is 0 Å². The molecule has 1 heterocycles. The fraction of sp³-hybridized carbons (Fsp3) is 0.625. The third kappa shape index (κ3) is 4.59. The Morgan fingerprint density at radius 1 is 1.42 bits per heavy atom. The highest BCUT2D eigenvalue weighted by Crippen LogP contribution is 2.13. The number of benzene rings is 1. The van der Waals surface area contributed by atoms with Gasteiger partial charge in [0.15, 0.2) is 0 Å². The molecule has 2 nitrogen and oxygen atoms in total. The lowest BCUT2D eigenvalue weighted by Gasteiger charge is -2.32. The van der Waals surface area contributed by atoms with E-state index < -0.39 is 0 Å². The van der Waals surface area contributed by atoms with Crippen molar-refractivity contribution in [2.45, 2.75) is 39.3 Å². The Bertz CT molecular complexity index is 394. The summed E-state index contributed by atoms with van der Waals surface area (Å²) in [5.41, 5.74) is 1.08. The van der Waals surface area contributed by atoms with Crippen LogP contribution in [0.25, 0.3) is 0 Å². The molecule has 0 aliphatic carbocycles. The van der Waals surface area contributed by atoms with Crippen molar-refractivity contribution in [3.8, 4) is 0 Å². The number of hydrogen-bond acceptors (Lipinski definition) is 2. The summed E-state index contributed by atoms with van der Waals surface area (Å²) in [5.74, 6) is 0.508. The van der Waals surface area contributed by atoms with Gasteiger partial charge in [-0.1, -0.05) is 26.0 Å². The van der Waals surface area contributed by atoms with Crippen molar-refractivity contribution < 1.29 is 4.39 Å². The average Bonchev–Trinajstić information content (AvgIpc) is 2.36. The number of hydrogen-bond donors (Lipinski definition) is 1. The van der Waals surface area contributed by atoms with Crippen molar-refractivity contribution in [2.75, 3.05) is 19.6 Å². The first kappa shape index (κ1) is 14.5. The Hall–Kier alpha value is -0.930. The minimum atomic E-state index is -0.134. The van der Waals surface area contributed by atoms with Gasteiger partial charge in [0.2, 0.25) is 0 Å². The Balaban J connectivity index is 1.97. The van der Waals surface area contributed by atoms with Crippen LogP contribution in [0.3, 0.4) is 0 Å². The first-order valence-corrected chi connectivity index (χ1v) is 7.37. The molecule has 0 aromatic heterocycles. The minimum absolute atomic E-state index is 0.134. The maximum Gasteiger partial charge on any atom is 0.123 e. The van der Waals surface area contributed by atoms with Crippen LogP contribution in [0.15, 0.2) is 24.3 Å². The largest absolute Gasteiger partial charge is 0.314 e. The van der Waals surface area contributed by atoms with Crippen LogP contribution in [0, 0.1) is 11.7 Å². The van der Waals surface area contributed by atoms with Crippen LogP contribution in [0.4, 0.5) is 4.39 Å². The van der Waals surface area contributed by atoms with E-state index in [4.69, 9.17) is 0 Å². The summed E-state index contributed by atoms with van der Waals surface area (Å²) in [6.07, 6.45) is 2.36. The van der Waals surface area contributed by atoms with Crippen LogP contribution >= 0.6 is 0 Å². The van der Waals surface area contributed by atoms with Gasteiger partial charge in [-0.3, -0.25) is 4.90 Å². The van der Waals surface area contributed by atoms with Gasteiger partial charge in [-0.2, -0.15) is 0 Å². The molecule has 2 rings (SSSR count). The summed E-state index contributed by atoms with van der Waals surface area (Å²) < 4.78 is 13.2. The lowest BCUT2D eigenvalue weighted by Crippen LogP contribution is -2.43. The second kappa shape index (κ2) is 7.01. The van der Waals surface area contributed by atoms with Crippen LogP contribution in [0.5, 0.6) is 0 Å². The summed E-state index contributed by atoms with van der Waals surface area (Å²) >= 11 is 0. The Kier molecular flexibility index (Phi) is 5.34. The van der Waals surface area contributed by atoms with Gasteiger partial charge in [-0.15, -0.1) is 0 Å². The van der Waals surface area contributed by atoms with Gasteiger partial charge in [-0.05, 0) is 49.5 Å². The van der Waals surface area contributed by atoms with Crippen molar-refractivity contribution in [3.63, 3.8) is 0 Å². The highest BCUT2D eigenvalue weighted by molar-refractivity contribution is 5.16. The first-order valence-electron chi connectivity index (χ1n) is 7.37. The van der Waals surface area contributed by atoms with Gasteiger partial charge in [0.25, 0.3) is 0 Å².